The van der Waals surface area contributed by atoms with Crippen LogP contribution in [0.4, 0.5) is 0 Å². The normalized spacial score (nSPS) is 13.2. The summed E-state index contributed by atoms with van der Waals surface area (Å²) in [5.74, 6) is 0. The minimum Gasteiger partial charge on any atom is -0.361 e. The second-order valence-electron chi connectivity index (χ2n) is 4.28. The molecule has 0 saturated carbocycles. The molecule has 0 radical (unpaired) electrons. The smallest absolute Gasteiger partial charge is 0.0490 e. The first-order valence-electron chi connectivity index (χ1n) is 5.64. The molecule has 86 valence electrons. The van der Waals surface area contributed by atoms with Crippen LogP contribution in [0.25, 0.3) is 10.9 Å². The second-order valence-corrected chi connectivity index (χ2v) is 4.69. The van der Waals surface area contributed by atoms with Crippen molar-refractivity contribution in [1.82, 2.24) is 4.98 Å². The maximum absolute atomic E-state index is 6.22. The van der Waals surface area contributed by atoms with Gasteiger partial charge in [0.2, 0.25) is 0 Å². The Morgan fingerprint density at radius 1 is 1.50 bits per heavy atom. The van der Waals surface area contributed by atoms with Crippen LogP contribution in [0.15, 0.2) is 18.3 Å². The molecule has 0 spiro atoms. The zero-order chi connectivity index (χ0) is 11.7. The van der Waals surface area contributed by atoms with Crippen LogP contribution in [-0.4, -0.2) is 11.0 Å². The molecule has 1 heterocycles. The van der Waals surface area contributed by atoms with Crippen molar-refractivity contribution in [3.63, 3.8) is 0 Å². The van der Waals surface area contributed by atoms with Crippen molar-refractivity contribution in [2.75, 3.05) is 0 Å². The summed E-state index contributed by atoms with van der Waals surface area (Å²) in [5, 5.41) is 2.02. The molecule has 1 aromatic heterocycles. The molecular weight excluding hydrogens is 220 g/mol. The quantitative estimate of drug-likeness (QED) is 0.843. The van der Waals surface area contributed by atoms with E-state index < -0.39 is 0 Å². The average molecular weight is 237 g/mol. The largest absolute Gasteiger partial charge is 0.361 e. The Bertz CT molecular complexity index is 502. The third-order valence-electron chi connectivity index (χ3n) is 3.14. The Kier molecular flexibility index (Phi) is 3.22. The summed E-state index contributed by atoms with van der Waals surface area (Å²) in [4.78, 5) is 3.27. The van der Waals surface area contributed by atoms with E-state index in [1.807, 2.05) is 19.2 Å². The first kappa shape index (κ1) is 11.5. The zero-order valence-electron chi connectivity index (χ0n) is 9.68. The number of fused-ring (bicyclic) bond motifs is 1. The zero-order valence-corrected chi connectivity index (χ0v) is 10.4. The summed E-state index contributed by atoms with van der Waals surface area (Å²) in [7, 11) is 0. The Labute approximate surface area is 101 Å². The maximum Gasteiger partial charge on any atom is 0.0490 e. The molecule has 1 atom stereocenters. The molecule has 3 heteroatoms. The van der Waals surface area contributed by atoms with E-state index in [9.17, 15) is 0 Å². The van der Waals surface area contributed by atoms with Gasteiger partial charge in [0.25, 0.3) is 0 Å². The van der Waals surface area contributed by atoms with E-state index in [0.717, 1.165) is 23.4 Å². The van der Waals surface area contributed by atoms with Crippen LogP contribution in [0.1, 0.15) is 24.5 Å². The number of nitrogens with one attached hydrogen (secondary N) is 1. The topological polar surface area (TPSA) is 41.8 Å². The van der Waals surface area contributed by atoms with Crippen molar-refractivity contribution in [3.05, 3.63) is 34.5 Å². The van der Waals surface area contributed by atoms with Gasteiger partial charge in [0.05, 0.1) is 0 Å². The predicted octanol–water partition coefficient (Wildman–Crippen LogP) is 3.41. The fraction of sp³-hybridized carbons (Fsp3) is 0.385. The molecule has 0 aliphatic carbocycles. The lowest BCUT2D eigenvalue weighted by atomic mass is 10.00. The monoisotopic (exact) mass is 236 g/mol. The highest BCUT2D eigenvalue weighted by Gasteiger charge is 2.11. The second kappa shape index (κ2) is 4.48. The van der Waals surface area contributed by atoms with Crippen molar-refractivity contribution >= 4 is 22.5 Å². The number of nitrogens with two attached hydrogens (primary N) is 1. The van der Waals surface area contributed by atoms with E-state index in [0.29, 0.717) is 0 Å². The van der Waals surface area contributed by atoms with E-state index in [-0.39, 0.29) is 6.04 Å². The van der Waals surface area contributed by atoms with Crippen molar-refractivity contribution in [2.24, 2.45) is 5.73 Å². The third kappa shape index (κ3) is 1.95. The number of hydrogen-bond donors (Lipinski definition) is 2. The molecule has 1 unspecified atom stereocenters. The summed E-state index contributed by atoms with van der Waals surface area (Å²) < 4.78 is 0. The number of aryl methyl sites for hydroxylation is 1. The molecule has 3 N–H and O–H groups in total. The third-order valence-corrected chi connectivity index (χ3v) is 3.53. The van der Waals surface area contributed by atoms with Crippen LogP contribution < -0.4 is 5.73 Å². The van der Waals surface area contributed by atoms with E-state index in [4.69, 9.17) is 17.3 Å². The highest BCUT2D eigenvalue weighted by atomic mass is 35.5. The Hall–Kier alpha value is -0.990. The standard InChI is InChI=1S/C13H17ClN2/c1-3-10(15)6-9-7-12(14)8(2)11-4-5-16-13(9)11/h4-5,7,10,16H,3,6,15H2,1-2H3. The van der Waals surface area contributed by atoms with Gasteiger partial charge >= 0.3 is 0 Å². The van der Waals surface area contributed by atoms with Crippen molar-refractivity contribution in [3.8, 4) is 0 Å². The van der Waals surface area contributed by atoms with Gasteiger partial charge in [-0.3, -0.25) is 0 Å². The predicted molar refractivity (Wildman–Crippen MR) is 70.0 cm³/mol. The number of benzene rings is 1. The molecule has 0 amide bonds. The maximum atomic E-state index is 6.22. The fourth-order valence-corrected chi connectivity index (χ4v) is 2.23. The van der Waals surface area contributed by atoms with Gasteiger partial charge in [-0.15, -0.1) is 0 Å². The van der Waals surface area contributed by atoms with Gasteiger partial charge in [0, 0.05) is 28.2 Å². The number of hydrogen-bond acceptors (Lipinski definition) is 1. The SMILES string of the molecule is CCC(N)Cc1cc(Cl)c(C)c2cc[nH]c12. The van der Waals surface area contributed by atoms with Crippen LogP contribution in [0.5, 0.6) is 0 Å². The first-order valence-corrected chi connectivity index (χ1v) is 6.02. The summed E-state index contributed by atoms with van der Waals surface area (Å²) in [6, 6.07) is 4.30. The van der Waals surface area contributed by atoms with Crippen LogP contribution in [0.3, 0.4) is 0 Å². The van der Waals surface area contributed by atoms with Gasteiger partial charge in [-0.25, -0.2) is 0 Å². The molecule has 16 heavy (non-hydrogen) atoms. The molecule has 2 nitrogen and oxygen atoms in total. The van der Waals surface area contributed by atoms with E-state index in [1.165, 1.54) is 16.5 Å². The molecule has 2 aromatic rings. The number of halogens is 1. The van der Waals surface area contributed by atoms with Gasteiger partial charge in [-0.05, 0) is 43.0 Å². The van der Waals surface area contributed by atoms with Gasteiger partial charge < -0.3 is 10.7 Å². The molecule has 1 aromatic carbocycles. The fourth-order valence-electron chi connectivity index (χ4n) is 2.00. The van der Waals surface area contributed by atoms with E-state index in [1.54, 1.807) is 0 Å². The lowest BCUT2D eigenvalue weighted by Gasteiger charge is -2.11. The van der Waals surface area contributed by atoms with Crippen molar-refractivity contribution < 1.29 is 0 Å². The Morgan fingerprint density at radius 2 is 2.25 bits per heavy atom. The minimum absolute atomic E-state index is 0.199. The highest BCUT2D eigenvalue weighted by Crippen LogP contribution is 2.28. The number of aromatic nitrogens is 1. The van der Waals surface area contributed by atoms with Gasteiger partial charge in [0.15, 0.2) is 0 Å². The molecule has 0 aliphatic rings. The number of H-pyrrole nitrogens is 1. The summed E-state index contributed by atoms with van der Waals surface area (Å²) in [5.41, 5.74) is 9.51. The van der Waals surface area contributed by atoms with Crippen molar-refractivity contribution in [2.45, 2.75) is 32.7 Å². The Morgan fingerprint density at radius 3 is 2.94 bits per heavy atom. The van der Waals surface area contributed by atoms with Crippen LogP contribution in [0.2, 0.25) is 5.02 Å². The number of aromatic amines is 1. The summed E-state index contributed by atoms with van der Waals surface area (Å²) in [6.07, 6.45) is 3.80. The van der Waals surface area contributed by atoms with Gasteiger partial charge in [0.1, 0.15) is 0 Å². The molecule has 0 saturated heterocycles. The van der Waals surface area contributed by atoms with Gasteiger partial charge in [-0.2, -0.15) is 0 Å². The van der Waals surface area contributed by atoms with Crippen LogP contribution in [0, 0.1) is 6.92 Å². The summed E-state index contributed by atoms with van der Waals surface area (Å²) in [6.45, 7) is 4.15. The van der Waals surface area contributed by atoms with E-state index in [2.05, 4.69) is 18.0 Å². The lowest BCUT2D eigenvalue weighted by molar-refractivity contribution is 0.648. The number of rotatable bonds is 3. The molecule has 0 fully saturated rings. The average Bonchev–Trinajstić information content (AvgIpc) is 2.74. The first-order chi connectivity index (χ1) is 7.63. The molecule has 2 rings (SSSR count). The van der Waals surface area contributed by atoms with E-state index >= 15 is 0 Å². The van der Waals surface area contributed by atoms with Crippen LogP contribution >= 0.6 is 11.6 Å². The van der Waals surface area contributed by atoms with Crippen molar-refractivity contribution in [1.29, 1.82) is 0 Å². The molecule has 0 aliphatic heterocycles. The van der Waals surface area contributed by atoms with Crippen LogP contribution in [-0.2, 0) is 6.42 Å². The Balaban J connectivity index is 2.52. The van der Waals surface area contributed by atoms with Gasteiger partial charge in [-0.1, -0.05) is 18.5 Å². The molecule has 0 bridgehead atoms. The summed E-state index contributed by atoms with van der Waals surface area (Å²) >= 11 is 6.22. The molecular formula is C13H17ClN2. The highest BCUT2D eigenvalue weighted by molar-refractivity contribution is 6.32. The lowest BCUT2D eigenvalue weighted by Crippen LogP contribution is -2.21. The minimum atomic E-state index is 0.199.